The van der Waals surface area contributed by atoms with E-state index in [1.165, 1.54) is 0 Å². The van der Waals surface area contributed by atoms with Crippen LogP contribution in [-0.2, 0) is 20.8 Å². The molecule has 2 aliphatic heterocycles. The summed E-state index contributed by atoms with van der Waals surface area (Å²) >= 11 is 0. The summed E-state index contributed by atoms with van der Waals surface area (Å²) in [7, 11) is 0. The van der Waals surface area contributed by atoms with Crippen molar-refractivity contribution in [3.63, 3.8) is 0 Å². The Labute approximate surface area is 142 Å². The molecule has 130 valence electrons. The normalized spacial score (nSPS) is 34.0. The van der Waals surface area contributed by atoms with Crippen molar-refractivity contribution < 1.29 is 19.0 Å². The lowest BCUT2D eigenvalue weighted by molar-refractivity contribution is -0.247. The van der Waals surface area contributed by atoms with Crippen molar-refractivity contribution in [1.29, 1.82) is 0 Å². The fourth-order valence-corrected chi connectivity index (χ4v) is 4.33. The van der Waals surface area contributed by atoms with Gasteiger partial charge in [-0.15, -0.1) is 0 Å². The second-order valence-corrected chi connectivity index (χ2v) is 8.14. The molecule has 5 heteroatoms. The molecule has 1 amide bonds. The average Bonchev–Trinajstić information content (AvgIpc) is 2.90. The molecule has 24 heavy (non-hydrogen) atoms. The van der Waals surface area contributed by atoms with Crippen molar-refractivity contribution in [2.75, 3.05) is 13.2 Å². The van der Waals surface area contributed by atoms with Crippen LogP contribution in [0.25, 0.3) is 0 Å². The van der Waals surface area contributed by atoms with Crippen LogP contribution in [0.3, 0.4) is 0 Å². The molecular weight excluding hydrogens is 306 g/mol. The first-order valence-electron chi connectivity index (χ1n) is 8.65. The maximum Gasteiger partial charge on any atom is 0.411 e. The second-order valence-electron chi connectivity index (χ2n) is 8.14. The van der Waals surface area contributed by atoms with Gasteiger partial charge in [0.15, 0.2) is 0 Å². The Morgan fingerprint density at radius 2 is 2.08 bits per heavy atom. The molecule has 2 saturated heterocycles. The number of benzene rings is 1. The maximum absolute atomic E-state index is 12.6. The van der Waals surface area contributed by atoms with Crippen molar-refractivity contribution >= 4 is 6.09 Å². The highest BCUT2D eigenvalue weighted by Gasteiger charge is 2.75. The highest BCUT2D eigenvalue weighted by molar-refractivity contribution is 5.72. The van der Waals surface area contributed by atoms with Crippen molar-refractivity contribution in [2.45, 2.75) is 57.6 Å². The quantitative estimate of drug-likeness (QED) is 0.854. The van der Waals surface area contributed by atoms with E-state index >= 15 is 0 Å². The van der Waals surface area contributed by atoms with Gasteiger partial charge in [0.1, 0.15) is 5.60 Å². The van der Waals surface area contributed by atoms with Crippen LogP contribution < -0.4 is 0 Å². The van der Waals surface area contributed by atoms with Crippen LogP contribution in [0.4, 0.5) is 4.79 Å². The molecule has 1 aromatic rings. The first-order valence-corrected chi connectivity index (χ1v) is 8.65. The number of rotatable bonds is 3. The Kier molecular flexibility index (Phi) is 3.62. The Morgan fingerprint density at radius 1 is 1.33 bits per heavy atom. The summed E-state index contributed by atoms with van der Waals surface area (Å²) in [5.74, 6) is 0. The summed E-state index contributed by atoms with van der Waals surface area (Å²) < 4.78 is 17.4. The van der Waals surface area contributed by atoms with Crippen molar-refractivity contribution in [3.05, 3.63) is 35.9 Å². The van der Waals surface area contributed by atoms with Crippen LogP contribution in [0, 0.1) is 5.41 Å². The van der Waals surface area contributed by atoms with Crippen LogP contribution in [0.5, 0.6) is 0 Å². The van der Waals surface area contributed by atoms with Crippen LogP contribution in [0.1, 0.15) is 32.8 Å². The summed E-state index contributed by atoms with van der Waals surface area (Å²) in [4.78, 5) is 14.4. The SMILES string of the molecule is CC(C)(C)OC(=O)N1C2COCC23CC(OCc2ccccc2)C13. The molecule has 4 rings (SSSR count). The molecule has 3 fully saturated rings. The van der Waals surface area contributed by atoms with E-state index in [0.717, 1.165) is 18.6 Å². The third kappa shape index (κ3) is 2.42. The average molecular weight is 331 g/mol. The zero-order chi connectivity index (χ0) is 16.9. The molecule has 0 N–H and O–H groups in total. The molecule has 5 nitrogen and oxygen atoms in total. The number of carbonyl (C=O) groups is 1. The number of carbonyl (C=O) groups excluding carboxylic acids is 1. The van der Waals surface area contributed by atoms with E-state index in [2.05, 4.69) is 12.1 Å². The van der Waals surface area contributed by atoms with Gasteiger partial charge >= 0.3 is 6.09 Å². The molecule has 3 aliphatic rings. The summed E-state index contributed by atoms with van der Waals surface area (Å²) in [5.41, 5.74) is 0.762. The molecule has 1 saturated carbocycles. The van der Waals surface area contributed by atoms with E-state index in [0.29, 0.717) is 13.2 Å². The van der Waals surface area contributed by atoms with Gasteiger partial charge in [-0.2, -0.15) is 0 Å². The van der Waals surface area contributed by atoms with E-state index in [4.69, 9.17) is 14.2 Å². The smallest absolute Gasteiger partial charge is 0.411 e. The minimum Gasteiger partial charge on any atom is -0.444 e. The van der Waals surface area contributed by atoms with E-state index in [1.54, 1.807) is 0 Å². The summed E-state index contributed by atoms with van der Waals surface area (Å²) in [5, 5.41) is 0. The Bertz CT molecular complexity index is 626. The number of likely N-dealkylation sites (tertiary alicyclic amines) is 1. The van der Waals surface area contributed by atoms with Crippen LogP contribution in [0.15, 0.2) is 30.3 Å². The van der Waals surface area contributed by atoms with Crippen molar-refractivity contribution in [3.8, 4) is 0 Å². The topological polar surface area (TPSA) is 48.0 Å². The van der Waals surface area contributed by atoms with Crippen molar-refractivity contribution in [1.82, 2.24) is 4.90 Å². The van der Waals surface area contributed by atoms with E-state index < -0.39 is 5.60 Å². The Hall–Kier alpha value is -1.59. The predicted octanol–water partition coefficient (Wildman–Crippen LogP) is 2.98. The van der Waals surface area contributed by atoms with Gasteiger partial charge in [-0.3, -0.25) is 4.90 Å². The lowest BCUT2D eigenvalue weighted by atomic mass is 9.52. The lowest BCUT2D eigenvalue weighted by Gasteiger charge is -2.69. The van der Waals surface area contributed by atoms with E-state index in [1.807, 2.05) is 43.9 Å². The Morgan fingerprint density at radius 3 is 2.79 bits per heavy atom. The van der Waals surface area contributed by atoms with Crippen LogP contribution in [-0.4, -0.2) is 48.0 Å². The molecule has 0 bridgehead atoms. The van der Waals surface area contributed by atoms with Gasteiger partial charge in [-0.1, -0.05) is 30.3 Å². The van der Waals surface area contributed by atoms with Crippen molar-refractivity contribution in [2.24, 2.45) is 5.41 Å². The third-order valence-corrected chi connectivity index (χ3v) is 5.38. The highest BCUT2D eigenvalue weighted by atomic mass is 16.6. The van der Waals surface area contributed by atoms with Gasteiger partial charge in [0.2, 0.25) is 0 Å². The number of ether oxygens (including phenoxy) is 3. The first-order chi connectivity index (χ1) is 11.4. The zero-order valence-corrected chi connectivity index (χ0v) is 14.5. The zero-order valence-electron chi connectivity index (χ0n) is 14.5. The minimum absolute atomic E-state index is 0.0654. The standard InChI is InChI=1S/C19H25NO4/c1-18(2,3)24-17(21)20-15-11-22-12-19(15)9-14(16(19)20)23-10-13-7-5-4-6-8-13/h4-8,14-16H,9-12H2,1-3H3. The van der Waals surface area contributed by atoms with E-state index in [-0.39, 0.29) is 29.7 Å². The van der Waals surface area contributed by atoms with Gasteiger partial charge < -0.3 is 14.2 Å². The molecule has 1 aromatic carbocycles. The molecule has 0 radical (unpaired) electrons. The molecule has 2 heterocycles. The second kappa shape index (κ2) is 5.46. The Balaban J connectivity index is 1.43. The maximum atomic E-state index is 12.6. The molecule has 1 spiro atoms. The van der Waals surface area contributed by atoms with Crippen LogP contribution in [0.2, 0.25) is 0 Å². The number of piperidine rings is 1. The summed E-state index contributed by atoms with van der Waals surface area (Å²) in [6, 6.07) is 10.4. The van der Waals surface area contributed by atoms with Gasteiger partial charge in [-0.25, -0.2) is 4.79 Å². The highest BCUT2D eigenvalue weighted by Crippen LogP contribution is 2.61. The summed E-state index contributed by atoms with van der Waals surface area (Å²) in [6.45, 7) is 7.60. The largest absolute Gasteiger partial charge is 0.444 e. The van der Waals surface area contributed by atoms with Gasteiger partial charge in [0.25, 0.3) is 0 Å². The van der Waals surface area contributed by atoms with Crippen LogP contribution >= 0.6 is 0 Å². The number of hydrogen-bond acceptors (Lipinski definition) is 4. The monoisotopic (exact) mass is 331 g/mol. The number of nitrogens with zero attached hydrogens (tertiary/aromatic N) is 1. The lowest BCUT2D eigenvalue weighted by Crippen LogP contribution is -2.83. The molecule has 0 aromatic heterocycles. The van der Waals surface area contributed by atoms with Gasteiger partial charge in [-0.05, 0) is 32.8 Å². The third-order valence-electron chi connectivity index (χ3n) is 5.38. The fourth-order valence-electron chi connectivity index (χ4n) is 4.33. The molecule has 1 aliphatic carbocycles. The van der Waals surface area contributed by atoms with E-state index in [9.17, 15) is 4.79 Å². The van der Waals surface area contributed by atoms with Gasteiger partial charge in [0, 0.05) is 5.41 Å². The predicted molar refractivity (Wildman–Crippen MR) is 88.5 cm³/mol. The molecule has 4 unspecified atom stereocenters. The summed E-state index contributed by atoms with van der Waals surface area (Å²) in [6.07, 6.45) is 0.788. The fraction of sp³-hybridized carbons (Fsp3) is 0.632. The number of amides is 1. The van der Waals surface area contributed by atoms with Gasteiger partial charge in [0.05, 0.1) is 38.0 Å². The first kappa shape index (κ1) is 15.9. The molecule has 4 atom stereocenters. The molecular formula is C19H25NO4. The minimum atomic E-state index is -0.487. The number of hydrogen-bond donors (Lipinski definition) is 0.